The number of ether oxygens (including phenoxy) is 2. The first-order valence-electron chi connectivity index (χ1n) is 7.71. The Labute approximate surface area is 145 Å². The van der Waals surface area contributed by atoms with Gasteiger partial charge >= 0.3 is 12.0 Å². The van der Waals surface area contributed by atoms with Gasteiger partial charge in [-0.25, -0.2) is 9.59 Å². The van der Waals surface area contributed by atoms with Crippen LogP contribution >= 0.6 is 0 Å². The van der Waals surface area contributed by atoms with Gasteiger partial charge in [0.05, 0.1) is 7.11 Å². The molecule has 3 N–H and O–H groups in total. The molecule has 7 nitrogen and oxygen atoms in total. The molecule has 0 heterocycles. The van der Waals surface area contributed by atoms with Gasteiger partial charge in [0.15, 0.2) is 6.10 Å². The summed E-state index contributed by atoms with van der Waals surface area (Å²) in [6.07, 6.45) is -1.16. The Bertz CT molecular complexity index is 816. The fraction of sp³-hybridized carbons (Fsp3) is 0.278. The van der Waals surface area contributed by atoms with Crippen LogP contribution in [0.15, 0.2) is 36.4 Å². The first-order valence-corrected chi connectivity index (χ1v) is 7.71. The van der Waals surface area contributed by atoms with E-state index in [2.05, 4.69) is 0 Å². The number of benzene rings is 2. The summed E-state index contributed by atoms with van der Waals surface area (Å²) < 4.78 is 10.6. The molecule has 2 aromatic rings. The zero-order valence-corrected chi connectivity index (χ0v) is 14.2. The Kier molecular flexibility index (Phi) is 5.59. The second kappa shape index (κ2) is 7.65. The molecule has 2 rings (SSSR count). The van der Waals surface area contributed by atoms with E-state index in [1.54, 1.807) is 26.0 Å². The highest BCUT2D eigenvalue weighted by Crippen LogP contribution is 2.27. The van der Waals surface area contributed by atoms with Crippen molar-refractivity contribution < 1.29 is 23.9 Å². The standard InChI is InChI=1S/C18H20N2O5/c1-10(2)15(16(21)20-18(19)23)25-17(22)13-8-11-6-4-5-7-12(11)9-14(13)24-3/h4-10,15H,1-3H3,(H3,19,20,21,23)/t15-/m1/s1. The fourth-order valence-electron chi connectivity index (χ4n) is 2.41. The molecule has 0 fully saturated rings. The summed E-state index contributed by atoms with van der Waals surface area (Å²) >= 11 is 0. The highest BCUT2D eigenvalue weighted by Gasteiger charge is 2.29. The molecule has 0 radical (unpaired) electrons. The Morgan fingerprint density at radius 1 is 1.08 bits per heavy atom. The zero-order chi connectivity index (χ0) is 18.6. The number of carbonyl (C=O) groups excluding carboxylic acids is 3. The topological polar surface area (TPSA) is 108 Å². The van der Waals surface area contributed by atoms with E-state index in [-0.39, 0.29) is 11.5 Å². The summed E-state index contributed by atoms with van der Waals surface area (Å²) in [6.45, 7) is 3.38. The number of esters is 1. The van der Waals surface area contributed by atoms with Crippen LogP contribution < -0.4 is 15.8 Å². The normalized spacial score (nSPS) is 11.8. The van der Waals surface area contributed by atoms with Crippen molar-refractivity contribution in [1.29, 1.82) is 0 Å². The van der Waals surface area contributed by atoms with Crippen molar-refractivity contribution in [3.63, 3.8) is 0 Å². The summed E-state index contributed by atoms with van der Waals surface area (Å²) in [7, 11) is 1.45. The van der Waals surface area contributed by atoms with Crippen molar-refractivity contribution in [1.82, 2.24) is 5.32 Å². The van der Waals surface area contributed by atoms with Crippen molar-refractivity contribution >= 4 is 28.7 Å². The average molecular weight is 344 g/mol. The molecule has 132 valence electrons. The second-order valence-electron chi connectivity index (χ2n) is 5.82. The van der Waals surface area contributed by atoms with E-state index in [0.29, 0.717) is 5.75 Å². The minimum atomic E-state index is -1.16. The van der Waals surface area contributed by atoms with Crippen LogP contribution in [0.3, 0.4) is 0 Å². The van der Waals surface area contributed by atoms with E-state index < -0.39 is 24.0 Å². The molecule has 25 heavy (non-hydrogen) atoms. The van der Waals surface area contributed by atoms with Gasteiger partial charge < -0.3 is 15.2 Å². The summed E-state index contributed by atoms with van der Waals surface area (Å²) in [4.78, 5) is 35.5. The lowest BCUT2D eigenvalue weighted by molar-refractivity contribution is -0.130. The number of primary amides is 1. The summed E-state index contributed by atoms with van der Waals surface area (Å²) in [5.41, 5.74) is 5.14. The Hall–Kier alpha value is -3.09. The lowest BCUT2D eigenvalue weighted by Gasteiger charge is -2.20. The minimum Gasteiger partial charge on any atom is -0.496 e. The molecule has 0 aliphatic carbocycles. The van der Waals surface area contributed by atoms with Crippen molar-refractivity contribution in [2.45, 2.75) is 20.0 Å². The maximum absolute atomic E-state index is 12.6. The van der Waals surface area contributed by atoms with E-state index in [9.17, 15) is 14.4 Å². The van der Waals surface area contributed by atoms with E-state index >= 15 is 0 Å². The third-order valence-corrected chi connectivity index (χ3v) is 3.63. The largest absolute Gasteiger partial charge is 0.496 e. The van der Waals surface area contributed by atoms with Gasteiger partial charge in [-0.15, -0.1) is 0 Å². The second-order valence-corrected chi connectivity index (χ2v) is 5.82. The van der Waals surface area contributed by atoms with Gasteiger partial charge in [-0.2, -0.15) is 0 Å². The number of hydrogen-bond acceptors (Lipinski definition) is 5. The van der Waals surface area contributed by atoms with E-state index in [1.165, 1.54) is 7.11 Å². The highest BCUT2D eigenvalue weighted by atomic mass is 16.6. The third kappa shape index (κ3) is 4.26. The van der Waals surface area contributed by atoms with E-state index in [0.717, 1.165) is 10.8 Å². The molecule has 0 bridgehead atoms. The van der Waals surface area contributed by atoms with Crippen LogP contribution in [0.25, 0.3) is 10.8 Å². The predicted octanol–water partition coefficient (Wildman–Crippen LogP) is 2.22. The van der Waals surface area contributed by atoms with Gasteiger partial charge in [-0.3, -0.25) is 10.1 Å². The van der Waals surface area contributed by atoms with Gasteiger partial charge in [0.1, 0.15) is 11.3 Å². The molecule has 2 aromatic carbocycles. The number of amides is 3. The molecular weight excluding hydrogens is 324 g/mol. The molecule has 1 atom stereocenters. The molecule has 0 aliphatic rings. The fourth-order valence-corrected chi connectivity index (χ4v) is 2.41. The molecule has 0 saturated carbocycles. The Morgan fingerprint density at radius 2 is 1.68 bits per heavy atom. The number of fused-ring (bicyclic) bond motifs is 1. The molecule has 0 aliphatic heterocycles. The van der Waals surface area contributed by atoms with E-state index in [4.69, 9.17) is 15.2 Å². The molecule has 0 aromatic heterocycles. The number of methoxy groups -OCH3 is 1. The summed E-state index contributed by atoms with van der Waals surface area (Å²) in [6, 6.07) is 9.83. The Balaban J connectivity index is 2.33. The third-order valence-electron chi connectivity index (χ3n) is 3.63. The lowest BCUT2D eigenvalue weighted by Crippen LogP contribution is -2.45. The number of nitrogens with one attached hydrogen (secondary N) is 1. The van der Waals surface area contributed by atoms with Gasteiger partial charge in [-0.05, 0) is 28.8 Å². The number of carbonyl (C=O) groups is 3. The number of hydrogen-bond donors (Lipinski definition) is 2. The van der Waals surface area contributed by atoms with Crippen LogP contribution in [0, 0.1) is 5.92 Å². The summed E-state index contributed by atoms with van der Waals surface area (Å²) in [5.74, 6) is -1.51. The average Bonchev–Trinajstić information content (AvgIpc) is 2.57. The number of urea groups is 1. The molecule has 0 unspecified atom stereocenters. The van der Waals surface area contributed by atoms with Gasteiger partial charge in [-0.1, -0.05) is 38.1 Å². The first-order chi connectivity index (χ1) is 11.8. The van der Waals surface area contributed by atoms with Gasteiger partial charge in [0.2, 0.25) is 0 Å². The minimum absolute atomic E-state index is 0.193. The first kappa shape index (κ1) is 18.3. The smallest absolute Gasteiger partial charge is 0.342 e. The van der Waals surface area contributed by atoms with Crippen molar-refractivity contribution in [3.05, 3.63) is 42.0 Å². The zero-order valence-electron chi connectivity index (χ0n) is 14.2. The monoisotopic (exact) mass is 344 g/mol. The molecule has 0 saturated heterocycles. The Morgan fingerprint density at radius 3 is 2.20 bits per heavy atom. The maximum Gasteiger partial charge on any atom is 0.342 e. The number of imide groups is 1. The van der Waals surface area contributed by atoms with Gasteiger partial charge in [0.25, 0.3) is 5.91 Å². The number of rotatable bonds is 5. The molecular formula is C18H20N2O5. The van der Waals surface area contributed by atoms with Crippen LogP contribution in [0.5, 0.6) is 5.75 Å². The van der Waals surface area contributed by atoms with Crippen LogP contribution in [0.1, 0.15) is 24.2 Å². The van der Waals surface area contributed by atoms with Gasteiger partial charge in [0, 0.05) is 0 Å². The van der Waals surface area contributed by atoms with Crippen LogP contribution in [-0.2, 0) is 9.53 Å². The quantitative estimate of drug-likeness (QED) is 0.809. The molecule has 3 amide bonds. The molecule has 7 heteroatoms. The van der Waals surface area contributed by atoms with Crippen molar-refractivity contribution in [2.75, 3.05) is 7.11 Å². The predicted molar refractivity (Wildman–Crippen MR) is 92.3 cm³/mol. The maximum atomic E-state index is 12.6. The molecule has 0 spiro atoms. The van der Waals surface area contributed by atoms with Crippen molar-refractivity contribution in [2.24, 2.45) is 11.7 Å². The SMILES string of the molecule is COc1cc2ccccc2cc1C(=O)O[C@@H](C(=O)NC(N)=O)C(C)C. The van der Waals surface area contributed by atoms with Crippen molar-refractivity contribution in [3.8, 4) is 5.75 Å². The van der Waals surface area contributed by atoms with Crippen LogP contribution in [0.2, 0.25) is 0 Å². The lowest BCUT2D eigenvalue weighted by atomic mass is 10.0. The highest BCUT2D eigenvalue weighted by molar-refractivity contribution is 6.01. The summed E-state index contributed by atoms with van der Waals surface area (Å²) in [5, 5.41) is 3.67. The van der Waals surface area contributed by atoms with E-state index in [1.807, 2.05) is 29.6 Å². The van der Waals surface area contributed by atoms with Crippen LogP contribution in [-0.4, -0.2) is 31.1 Å². The number of nitrogens with two attached hydrogens (primary N) is 1. The van der Waals surface area contributed by atoms with Crippen LogP contribution in [0.4, 0.5) is 4.79 Å².